The van der Waals surface area contributed by atoms with Crippen molar-refractivity contribution in [2.24, 2.45) is 0 Å². The molecule has 4 nitrogen and oxygen atoms in total. The number of carboxylic acid groups (broad SMARTS) is 1. The zero-order valence-electron chi connectivity index (χ0n) is 8.75. The fraction of sp³-hybridized carbons (Fsp3) is 0.300. The van der Waals surface area contributed by atoms with Crippen molar-refractivity contribution in [3.8, 4) is 11.5 Å². The molecule has 0 atom stereocenters. The first-order valence-corrected chi connectivity index (χ1v) is 4.47. The molecule has 0 aromatic heterocycles. The van der Waals surface area contributed by atoms with Crippen LogP contribution in [-0.4, -0.2) is 24.5 Å². The van der Waals surface area contributed by atoms with Crippen molar-refractivity contribution in [1.29, 1.82) is 0 Å². The number of benzene rings is 1. The van der Waals surface area contributed by atoms with Gasteiger partial charge in [-0.25, -0.2) is 0 Å². The first kappa shape index (κ1) is 13.1. The third-order valence-corrected chi connectivity index (χ3v) is 1.83. The molecular formula is C10H9F3O4. The smallest absolute Gasteiger partial charge is 0.493 e. The molecule has 0 unspecified atom stereocenters. The van der Waals surface area contributed by atoms with Crippen molar-refractivity contribution >= 4 is 5.97 Å². The number of rotatable bonds is 4. The Morgan fingerprint density at radius 2 is 2.06 bits per heavy atom. The van der Waals surface area contributed by atoms with E-state index in [1.54, 1.807) is 0 Å². The highest BCUT2D eigenvalue weighted by atomic mass is 19.4. The predicted octanol–water partition coefficient (Wildman–Crippen LogP) is 2.22. The summed E-state index contributed by atoms with van der Waals surface area (Å²) >= 11 is 0. The van der Waals surface area contributed by atoms with E-state index < -0.39 is 24.5 Å². The number of ether oxygens (including phenoxy) is 2. The van der Waals surface area contributed by atoms with Gasteiger partial charge < -0.3 is 14.6 Å². The van der Waals surface area contributed by atoms with Gasteiger partial charge in [0.2, 0.25) is 0 Å². The van der Waals surface area contributed by atoms with E-state index in [1.165, 1.54) is 12.1 Å². The highest BCUT2D eigenvalue weighted by Gasteiger charge is 2.33. The fourth-order valence-corrected chi connectivity index (χ4v) is 1.30. The van der Waals surface area contributed by atoms with Crippen LogP contribution in [0, 0.1) is 0 Å². The lowest BCUT2D eigenvalue weighted by Gasteiger charge is -2.14. The number of halogens is 3. The number of alkyl halides is 3. The van der Waals surface area contributed by atoms with E-state index in [-0.39, 0.29) is 11.3 Å². The zero-order valence-corrected chi connectivity index (χ0v) is 8.75. The summed E-state index contributed by atoms with van der Waals surface area (Å²) in [6, 6.07) is 3.68. The topological polar surface area (TPSA) is 55.8 Å². The molecule has 0 spiro atoms. The van der Waals surface area contributed by atoms with Gasteiger partial charge in [0.05, 0.1) is 13.5 Å². The number of carbonyl (C=O) groups is 1. The van der Waals surface area contributed by atoms with Crippen molar-refractivity contribution in [2.75, 3.05) is 7.11 Å². The lowest BCUT2D eigenvalue weighted by atomic mass is 10.1. The molecule has 1 rings (SSSR count). The minimum atomic E-state index is -4.85. The first-order chi connectivity index (χ1) is 7.83. The van der Waals surface area contributed by atoms with Crippen LogP contribution in [0.15, 0.2) is 18.2 Å². The second-order valence-corrected chi connectivity index (χ2v) is 3.07. The van der Waals surface area contributed by atoms with Gasteiger partial charge in [0, 0.05) is 5.56 Å². The third-order valence-electron chi connectivity index (χ3n) is 1.83. The third kappa shape index (κ3) is 3.86. The van der Waals surface area contributed by atoms with Gasteiger partial charge in [-0.05, 0) is 6.07 Å². The second kappa shape index (κ2) is 4.94. The Kier molecular flexibility index (Phi) is 3.82. The molecule has 1 aromatic carbocycles. The maximum absolute atomic E-state index is 12.1. The maximum Gasteiger partial charge on any atom is 0.573 e. The second-order valence-electron chi connectivity index (χ2n) is 3.07. The summed E-state index contributed by atoms with van der Waals surface area (Å²) in [5.41, 5.74) is 0.113. The largest absolute Gasteiger partial charge is 0.573 e. The highest BCUT2D eigenvalue weighted by Crippen LogP contribution is 2.35. The van der Waals surface area contributed by atoms with Crippen LogP contribution >= 0.6 is 0 Å². The summed E-state index contributed by atoms with van der Waals surface area (Å²) in [5, 5.41) is 8.59. The van der Waals surface area contributed by atoms with E-state index in [9.17, 15) is 18.0 Å². The van der Waals surface area contributed by atoms with E-state index in [0.29, 0.717) is 0 Å². The van der Waals surface area contributed by atoms with Gasteiger partial charge >= 0.3 is 12.3 Å². The minimum Gasteiger partial charge on any atom is -0.493 e. The molecule has 0 saturated heterocycles. The van der Waals surface area contributed by atoms with Gasteiger partial charge in [0.1, 0.15) is 0 Å². The van der Waals surface area contributed by atoms with Gasteiger partial charge in [0.15, 0.2) is 11.5 Å². The van der Waals surface area contributed by atoms with Gasteiger partial charge in [-0.15, -0.1) is 13.2 Å². The van der Waals surface area contributed by atoms with Crippen molar-refractivity contribution < 1.29 is 32.5 Å². The average Bonchev–Trinajstić information content (AvgIpc) is 2.14. The molecule has 0 aliphatic carbocycles. The number of aliphatic carboxylic acids is 1. The van der Waals surface area contributed by atoms with Crippen LogP contribution in [0.1, 0.15) is 5.56 Å². The Morgan fingerprint density at radius 1 is 1.41 bits per heavy atom. The van der Waals surface area contributed by atoms with E-state index >= 15 is 0 Å². The van der Waals surface area contributed by atoms with E-state index in [0.717, 1.165) is 13.2 Å². The van der Waals surface area contributed by atoms with E-state index in [2.05, 4.69) is 4.74 Å². The van der Waals surface area contributed by atoms with Crippen molar-refractivity contribution in [1.82, 2.24) is 0 Å². The van der Waals surface area contributed by atoms with E-state index in [4.69, 9.17) is 9.84 Å². The van der Waals surface area contributed by atoms with Crippen LogP contribution in [-0.2, 0) is 11.2 Å². The Balaban J connectivity index is 3.09. The number of para-hydroxylation sites is 1. The predicted molar refractivity (Wildman–Crippen MR) is 51.0 cm³/mol. The fourth-order valence-electron chi connectivity index (χ4n) is 1.30. The molecule has 0 amide bonds. The summed E-state index contributed by atoms with van der Waals surface area (Å²) in [5.74, 6) is -1.96. The first-order valence-electron chi connectivity index (χ1n) is 4.47. The summed E-state index contributed by atoms with van der Waals surface area (Å²) in [6.07, 6.45) is -5.30. The molecule has 17 heavy (non-hydrogen) atoms. The lowest BCUT2D eigenvalue weighted by molar-refractivity contribution is -0.275. The van der Waals surface area contributed by atoms with Gasteiger partial charge in [-0.2, -0.15) is 0 Å². The Hall–Kier alpha value is -1.92. The number of carboxylic acids is 1. The molecule has 0 bridgehead atoms. The van der Waals surface area contributed by atoms with Crippen LogP contribution in [0.3, 0.4) is 0 Å². The number of methoxy groups -OCH3 is 1. The highest BCUT2D eigenvalue weighted by molar-refractivity contribution is 5.72. The summed E-state index contributed by atoms with van der Waals surface area (Å²) < 4.78 is 44.6. The molecule has 0 fully saturated rings. The van der Waals surface area contributed by atoms with Gasteiger partial charge in [-0.3, -0.25) is 4.79 Å². The number of hydrogen-bond donors (Lipinski definition) is 1. The number of hydrogen-bond acceptors (Lipinski definition) is 3. The minimum absolute atomic E-state index is 0.113. The van der Waals surface area contributed by atoms with Crippen LogP contribution in [0.5, 0.6) is 11.5 Å². The molecule has 0 aliphatic heterocycles. The summed E-state index contributed by atoms with van der Waals surface area (Å²) in [4.78, 5) is 10.5. The maximum atomic E-state index is 12.1. The van der Waals surface area contributed by atoms with Gasteiger partial charge in [0.25, 0.3) is 0 Å². The Morgan fingerprint density at radius 3 is 2.53 bits per heavy atom. The van der Waals surface area contributed by atoms with Crippen molar-refractivity contribution in [2.45, 2.75) is 12.8 Å². The van der Waals surface area contributed by atoms with Gasteiger partial charge in [-0.1, -0.05) is 12.1 Å². The SMILES string of the molecule is COc1c(CC(=O)O)cccc1OC(F)(F)F. The molecule has 0 aliphatic rings. The quantitative estimate of drug-likeness (QED) is 0.890. The van der Waals surface area contributed by atoms with Crippen molar-refractivity contribution in [3.63, 3.8) is 0 Å². The van der Waals surface area contributed by atoms with Crippen LogP contribution in [0.2, 0.25) is 0 Å². The van der Waals surface area contributed by atoms with Crippen LogP contribution in [0.4, 0.5) is 13.2 Å². The molecular weight excluding hydrogens is 241 g/mol. The normalized spacial score (nSPS) is 11.1. The molecule has 0 saturated carbocycles. The molecule has 0 radical (unpaired) electrons. The van der Waals surface area contributed by atoms with Crippen LogP contribution in [0.25, 0.3) is 0 Å². The lowest BCUT2D eigenvalue weighted by Crippen LogP contribution is -2.18. The van der Waals surface area contributed by atoms with Crippen molar-refractivity contribution in [3.05, 3.63) is 23.8 Å². The molecule has 94 valence electrons. The van der Waals surface area contributed by atoms with Crippen LogP contribution < -0.4 is 9.47 Å². The van der Waals surface area contributed by atoms with E-state index in [1.807, 2.05) is 0 Å². The Bertz CT molecular complexity index is 415. The zero-order chi connectivity index (χ0) is 13.1. The molecule has 1 aromatic rings. The standard InChI is InChI=1S/C10H9F3O4/c1-16-9-6(5-8(14)15)3-2-4-7(9)17-10(11,12)13/h2-4H,5H2,1H3,(H,14,15). The molecule has 0 heterocycles. The Labute approximate surface area is 94.6 Å². The monoisotopic (exact) mass is 250 g/mol. The summed E-state index contributed by atoms with van der Waals surface area (Å²) in [7, 11) is 1.14. The molecule has 1 N–H and O–H groups in total. The average molecular weight is 250 g/mol. The molecule has 7 heteroatoms. The summed E-state index contributed by atoms with van der Waals surface area (Å²) in [6.45, 7) is 0.